The number of benzene rings is 10. The molecule has 0 aliphatic rings. The Labute approximate surface area is 349 Å². The smallest absolute Gasteiger partial charge is 0.137 e. The van der Waals surface area contributed by atoms with Gasteiger partial charge in [0.2, 0.25) is 0 Å². The highest BCUT2D eigenvalue weighted by atomic mass is 16.3. The van der Waals surface area contributed by atoms with Crippen LogP contribution in [-0.2, 0) is 0 Å². The van der Waals surface area contributed by atoms with E-state index < -0.39 is 0 Å². The molecule has 0 saturated heterocycles. The molecule has 0 aliphatic carbocycles. The molecule has 0 unspecified atom stereocenters. The zero-order valence-electron chi connectivity index (χ0n) is 32.9. The van der Waals surface area contributed by atoms with Gasteiger partial charge in [0.15, 0.2) is 0 Å². The highest BCUT2D eigenvalue weighted by Gasteiger charge is 2.20. The van der Waals surface area contributed by atoms with Gasteiger partial charge in [0.25, 0.3) is 0 Å². The number of para-hydroxylation sites is 1. The lowest BCUT2D eigenvalue weighted by Gasteiger charge is -2.27. The van der Waals surface area contributed by atoms with Gasteiger partial charge in [0.1, 0.15) is 11.2 Å². The fourth-order valence-electron chi connectivity index (χ4n) is 8.61. The van der Waals surface area contributed by atoms with E-state index in [0.29, 0.717) is 0 Å². The van der Waals surface area contributed by atoms with Crippen molar-refractivity contribution < 1.29 is 4.42 Å². The van der Waals surface area contributed by atoms with Crippen LogP contribution in [0.4, 0.5) is 17.1 Å². The second kappa shape index (κ2) is 15.1. The summed E-state index contributed by atoms with van der Waals surface area (Å²) in [5.41, 5.74) is 16.8. The van der Waals surface area contributed by atoms with Crippen molar-refractivity contribution in [3.8, 4) is 55.6 Å². The molecule has 0 saturated carbocycles. The summed E-state index contributed by atoms with van der Waals surface area (Å²) in [7, 11) is 0. The van der Waals surface area contributed by atoms with Crippen molar-refractivity contribution in [2.75, 3.05) is 4.90 Å². The predicted molar refractivity (Wildman–Crippen MR) is 253 cm³/mol. The third-order valence-corrected chi connectivity index (χ3v) is 11.7. The molecule has 10 aromatic carbocycles. The molecule has 0 N–H and O–H groups in total. The van der Waals surface area contributed by atoms with Crippen LogP contribution in [0.25, 0.3) is 88.3 Å². The van der Waals surface area contributed by atoms with Crippen molar-refractivity contribution in [2.24, 2.45) is 0 Å². The summed E-state index contributed by atoms with van der Waals surface area (Å²) < 4.78 is 6.40. The van der Waals surface area contributed by atoms with Crippen LogP contribution in [-0.4, -0.2) is 0 Å². The van der Waals surface area contributed by atoms with Crippen molar-refractivity contribution in [1.82, 2.24) is 0 Å². The molecule has 282 valence electrons. The van der Waals surface area contributed by atoms with Gasteiger partial charge >= 0.3 is 0 Å². The topological polar surface area (TPSA) is 16.4 Å². The van der Waals surface area contributed by atoms with Gasteiger partial charge in [0.05, 0.1) is 11.1 Å². The Hall–Kier alpha value is -7.94. The molecular formula is C58H39NO. The number of furan rings is 1. The molecule has 0 spiro atoms. The second-order valence-corrected chi connectivity index (χ2v) is 15.3. The molecule has 0 atom stereocenters. The molecule has 1 aromatic heterocycles. The van der Waals surface area contributed by atoms with Crippen molar-refractivity contribution in [3.63, 3.8) is 0 Å². The summed E-state index contributed by atoms with van der Waals surface area (Å²) >= 11 is 0. The Morgan fingerprint density at radius 1 is 0.267 bits per heavy atom. The van der Waals surface area contributed by atoms with Gasteiger partial charge in [-0.3, -0.25) is 0 Å². The van der Waals surface area contributed by atoms with Crippen LogP contribution < -0.4 is 4.90 Å². The average Bonchev–Trinajstić information content (AvgIpc) is 3.72. The monoisotopic (exact) mass is 765 g/mol. The van der Waals surface area contributed by atoms with Gasteiger partial charge in [-0.1, -0.05) is 176 Å². The van der Waals surface area contributed by atoms with Gasteiger partial charge < -0.3 is 9.32 Å². The van der Waals surface area contributed by atoms with Crippen molar-refractivity contribution >= 4 is 49.8 Å². The number of fused-ring (bicyclic) bond motifs is 4. The van der Waals surface area contributed by atoms with E-state index in [1.807, 2.05) is 12.1 Å². The first-order valence-corrected chi connectivity index (χ1v) is 20.5. The van der Waals surface area contributed by atoms with Crippen LogP contribution in [0.3, 0.4) is 0 Å². The lowest BCUT2D eigenvalue weighted by atomic mass is 9.96. The highest BCUT2D eigenvalue weighted by Crippen LogP contribution is 2.44. The van der Waals surface area contributed by atoms with Gasteiger partial charge in [-0.25, -0.2) is 0 Å². The van der Waals surface area contributed by atoms with E-state index >= 15 is 0 Å². The first-order chi connectivity index (χ1) is 29.7. The largest absolute Gasteiger partial charge is 0.456 e. The van der Waals surface area contributed by atoms with Crippen LogP contribution in [0.2, 0.25) is 0 Å². The molecule has 0 aliphatic heterocycles. The minimum absolute atomic E-state index is 0.866. The predicted octanol–water partition coefficient (Wildman–Crippen LogP) is 16.5. The molecule has 60 heavy (non-hydrogen) atoms. The lowest BCUT2D eigenvalue weighted by molar-refractivity contribution is 0.669. The highest BCUT2D eigenvalue weighted by molar-refractivity contribution is 6.13. The molecule has 0 bridgehead atoms. The fourth-order valence-corrected chi connectivity index (χ4v) is 8.61. The zero-order valence-corrected chi connectivity index (χ0v) is 32.9. The van der Waals surface area contributed by atoms with Crippen LogP contribution >= 0.6 is 0 Å². The zero-order chi connectivity index (χ0) is 39.8. The van der Waals surface area contributed by atoms with Crippen molar-refractivity contribution in [2.45, 2.75) is 0 Å². The normalized spacial score (nSPS) is 11.3. The Bertz CT molecular complexity index is 3310. The SMILES string of the molecule is c1ccc(-c2cccc(-c3cccc(N(c4ccc(-c5ccc(-c6cccc(-c7ccc8ccccc8c7)c6)cc5)cc4)c4cccc5oc6ccccc6c45)c3)c2)cc1. The number of hydrogen-bond acceptors (Lipinski definition) is 2. The summed E-state index contributed by atoms with van der Waals surface area (Å²) in [6.07, 6.45) is 0. The van der Waals surface area contributed by atoms with Crippen molar-refractivity contribution in [1.29, 1.82) is 0 Å². The van der Waals surface area contributed by atoms with Gasteiger partial charge in [-0.05, 0) is 127 Å². The molecule has 11 aromatic rings. The van der Waals surface area contributed by atoms with E-state index in [2.05, 4.69) is 229 Å². The summed E-state index contributed by atoms with van der Waals surface area (Å²) in [6, 6.07) is 84.9. The van der Waals surface area contributed by atoms with Crippen LogP contribution in [0, 0.1) is 0 Å². The molecule has 2 heteroatoms. The summed E-state index contributed by atoms with van der Waals surface area (Å²) in [6.45, 7) is 0. The minimum Gasteiger partial charge on any atom is -0.456 e. The van der Waals surface area contributed by atoms with Crippen LogP contribution in [0.1, 0.15) is 0 Å². The summed E-state index contributed by atoms with van der Waals surface area (Å²) in [4.78, 5) is 2.37. The average molecular weight is 766 g/mol. The number of hydrogen-bond donors (Lipinski definition) is 0. The van der Waals surface area contributed by atoms with Crippen LogP contribution in [0.15, 0.2) is 241 Å². The molecular weight excluding hydrogens is 727 g/mol. The first kappa shape index (κ1) is 35.2. The Morgan fingerprint density at radius 3 is 1.45 bits per heavy atom. The van der Waals surface area contributed by atoms with Gasteiger partial charge in [0, 0.05) is 16.8 Å². The summed E-state index contributed by atoms with van der Waals surface area (Å²) in [5.74, 6) is 0. The van der Waals surface area contributed by atoms with E-state index in [0.717, 1.165) is 50.1 Å². The molecule has 0 fully saturated rings. The lowest BCUT2D eigenvalue weighted by Crippen LogP contribution is -2.10. The Kier molecular flexibility index (Phi) is 8.87. The molecule has 0 amide bonds. The van der Waals surface area contributed by atoms with Gasteiger partial charge in [-0.15, -0.1) is 0 Å². The van der Waals surface area contributed by atoms with Crippen LogP contribution in [0.5, 0.6) is 0 Å². The molecule has 1 heterocycles. The quantitative estimate of drug-likeness (QED) is 0.153. The Morgan fingerprint density at radius 2 is 0.733 bits per heavy atom. The molecule has 11 rings (SSSR count). The summed E-state index contributed by atoms with van der Waals surface area (Å²) in [5, 5.41) is 4.70. The third-order valence-electron chi connectivity index (χ3n) is 11.7. The maximum absolute atomic E-state index is 6.40. The molecule has 2 nitrogen and oxygen atoms in total. The number of rotatable bonds is 8. The number of anilines is 3. The van der Waals surface area contributed by atoms with E-state index in [9.17, 15) is 0 Å². The van der Waals surface area contributed by atoms with E-state index in [4.69, 9.17) is 4.42 Å². The number of nitrogens with zero attached hydrogens (tertiary/aromatic N) is 1. The first-order valence-electron chi connectivity index (χ1n) is 20.5. The third kappa shape index (κ3) is 6.61. The van der Waals surface area contributed by atoms with Crippen molar-refractivity contribution in [3.05, 3.63) is 237 Å². The van der Waals surface area contributed by atoms with E-state index in [1.54, 1.807) is 0 Å². The molecule has 0 radical (unpaired) electrons. The minimum atomic E-state index is 0.866. The van der Waals surface area contributed by atoms with E-state index in [-0.39, 0.29) is 0 Å². The fraction of sp³-hybridized carbons (Fsp3) is 0. The maximum Gasteiger partial charge on any atom is 0.137 e. The Balaban J connectivity index is 0.949. The standard InChI is InChI=1S/C58H39NO/c1-2-12-40(13-3-1)46-16-8-18-48(36-46)50-20-10-21-53(39-50)59(55-23-11-25-57-58(55)54-22-6-7-24-56(54)60-57)52-34-32-43(33-35-52)42-26-28-44(29-27-42)47-17-9-19-49(37-47)51-31-30-41-14-4-5-15-45(41)38-51/h1-39H. The van der Waals surface area contributed by atoms with Gasteiger partial charge in [-0.2, -0.15) is 0 Å². The maximum atomic E-state index is 6.40. The van der Waals surface area contributed by atoms with E-state index in [1.165, 1.54) is 55.3 Å². The second-order valence-electron chi connectivity index (χ2n) is 15.3.